The molecule has 0 spiro atoms. The Kier molecular flexibility index (Phi) is 4.88. The van der Waals surface area contributed by atoms with Crippen LogP contribution in [0.15, 0.2) is 34.9 Å². The summed E-state index contributed by atoms with van der Waals surface area (Å²) in [6.07, 6.45) is 6.17. The van der Waals surface area contributed by atoms with Gasteiger partial charge in [0.05, 0.1) is 23.2 Å². The number of nitrogens with two attached hydrogens (primary N) is 1. The lowest BCUT2D eigenvalue weighted by Gasteiger charge is -2.15. The molecule has 0 saturated heterocycles. The van der Waals surface area contributed by atoms with Gasteiger partial charge in [-0.2, -0.15) is 0 Å². The summed E-state index contributed by atoms with van der Waals surface area (Å²) in [5, 5.41) is 3.27. The maximum atomic E-state index is 12.1. The van der Waals surface area contributed by atoms with Gasteiger partial charge in [0.15, 0.2) is 0 Å². The summed E-state index contributed by atoms with van der Waals surface area (Å²) in [5.74, 6) is 0.952. The first-order valence-electron chi connectivity index (χ1n) is 7.71. The molecule has 1 aromatic carbocycles. The van der Waals surface area contributed by atoms with Crippen molar-refractivity contribution < 1.29 is 13.9 Å². The van der Waals surface area contributed by atoms with Gasteiger partial charge >= 0.3 is 0 Å². The molecule has 6 heteroatoms. The Balaban J connectivity index is 1.66. The maximum Gasteiger partial charge on any atom is 0.258 e. The zero-order valence-electron chi connectivity index (χ0n) is 12.7. The topological polar surface area (TPSA) is 77.5 Å². The number of benzene rings is 1. The van der Waals surface area contributed by atoms with E-state index >= 15 is 0 Å². The van der Waals surface area contributed by atoms with Crippen LogP contribution in [0.2, 0.25) is 5.02 Å². The summed E-state index contributed by atoms with van der Waals surface area (Å²) < 4.78 is 11.1. The molecule has 2 aromatic rings. The fourth-order valence-electron chi connectivity index (χ4n) is 2.67. The highest BCUT2D eigenvalue weighted by atomic mass is 35.5. The lowest BCUT2D eigenvalue weighted by molar-refractivity contribution is 0.102. The molecule has 3 rings (SSSR count). The van der Waals surface area contributed by atoms with Crippen LogP contribution in [0.5, 0.6) is 5.75 Å². The van der Waals surface area contributed by atoms with Gasteiger partial charge in [0.1, 0.15) is 17.8 Å². The molecule has 1 saturated carbocycles. The molecule has 0 unspecified atom stereocenters. The van der Waals surface area contributed by atoms with Crippen molar-refractivity contribution in [3.05, 3.63) is 46.9 Å². The average molecular weight is 335 g/mol. The molecular weight excluding hydrogens is 316 g/mol. The van der Waals surface area contributed by atoms with Crippen LogP contribution in [-0.4, -0.2) is 12.0 Å². The number of hydrogen-bond donors (Lipinski definition) is 2. The lowest BCUT2D eigenvalue weighted by atomic mass is 10.2. The minimum absolute atomic E-state index is 0.244. The van der Waals surface area contributed by atoms with Crippen molar-refractivity contribution in [2.45, 2.75) is 38.3 Å². The molecular formula is C17H19ClN2O3. The van der Waals surface area contributed by atoms with E-state index in [2.05, 4.69) is 5.32 Å². The second-order valence-corrected chi connectivity index (χ2v) is 6.04. The van der Waals surface area contributed by atoms with Gasteiger partial charge in [0.2, 0.25) is 0 Å². The van der Waals surface area contributed by atoms with E-state index in [9.17, 15) is 4.79 Å². The van der Waals surface area contributed by atoms with Gasteiger partial charge in [-0.3, -0.25) is 4.79 Å². The van der Waals surface area contributed by atoms with Crippen LogP contribution in [0.1, 0.15) is 41.8 Å². The molecule has 5 nitrogen and oxygen atoms in total. The van der Waals surface area contributed by atoms with Gasteiger partial charge in [-0.05, 0) is 49.9 Å². The van der Waals surface area contributed by atoms with Crippen molar-refractivity contribution in [2.75, 3.05) is 5.32 Å². The SMILES string of the molecule is NCc1cc(C(=O)Nc2ccc(OC3CCCC3)c(Cl)c2)co1. The fourth-order valence-corrected chi connectivity index (χ4v) is 2.90. The highest BCUT2D eigenvalue weighted by Gasteiger charge is 2.18. The summed E-state index contributed by atoms with van der Waals surface area (Å²) >= 11 is 6.25. The van der Waals surface area contributed by atoms with Crippen molar-refractivity contribution in [2.24, 2.45) is 5.73 Å². The fraction of sp³-hybridized carbons (Fsp3) is 0.353. The summed E-state index contributed by atoms with van der Waals surface area (Å²) in [6, 6.07) is 6.87. The third-order valence-corrected chi connectivity index (χ3v) is 4.20. The van der Waals surface area contributed by atoms with Crippen LogP contribution in [0.3, 0.4) is 0 Å². The Labute approximate surface area is 139 Å². The van der Waals surface area contributed by atoms with E-state index in [1.54, 1.807) is 24.3 Å². The summed E-state index contributed by atoms with van der Waals surface area (Å²) in [5.41, 5.74) is 6.49. The third-order valence-electron chi connectivity index (χ3n) is 3.90. The quantitative estimate of drug-likeness (QED) is 0.867. The molecule has 1 amide bonds. The maximum absolute atomic E-state index is 12.1. The standard InChI is InChI=1S/C17H19ClN2O3/c18-15-8-12(5-6-16(15)23-13-3-1-2-4-13)20-17(21)11-7-14(9-19)22-10-11/h5-8,10,13H,1-4,9,19H2,(H,20,21). The number of ether oxygens (including phenoxy) is 1. The Morgan fingerprint density at radius 2 is 2.13 bits per heavy atom. The smallest absolute Gasteiger partial charge is 0.258 e. The van der Waals surface area contributed by atoms with Crippen LogP contribution in [-0.2, 0) is 6.54 Å². The molecule has 1 aliphatic carbocycles. The first-order valence-corrected chi connectivity index (χ1v) is 8.08. The number of nitrogens with one attached hydrogen (secondary N) is 1. The average Bonchev–Trinajstić information content (AvgIpc) is 3.21. The van der Waals surface area contributed by atoms with E-state index in [-0.39, 0.29) is 18.6 Å². The number of rotatable bonds is 5. The first-order chi connectivity index (χ1) is 11.2. The van der Waals surface area contributed by atoms with Crippen molar-refractivity contribution in [3.8, 4) is 5.75 Å². The van der Waals surface area contributed by atoms with Crippen molar-refractivity contribution in [3.63, 3.8) is 0 Å². The van der Waals surface area contributed by atoms with Crippen molar-refractivity contribution >= 4 is 23.2 Å². The Morgan fingerprint density at radius 3 is 2.78 bits per heavy atom. The van der Waals surface area contributed by atoms with Crippen LogP contribution in [0.25, 0.3) is 0 Å². The van der Waals surface area contributed by atoms with E-state index in [1.807, 2.05) is 0 Å². The number of halogens is 1. The summed E-state index contributed by atoms with van der Waals surface area (Å²) in [6.45, 7) is 0.256. The molecule has 23 heavy (non-hydrogen) atoms. The molecule has 1 aromatic heterocycles. The van der Waals surface area contributed by atoms with Gasteiger partial charge in [-0.1, -0.05) is 11.6 Å². The third kappa shape index (κ3) is 3.86. The van der Waals surface area contributed by atoms with Crippen LogP contribution in [0, 0.1) is 0 Å². The monoisotopic (exact) mass is 334 g/mol. The highest BCUT2D eigenvalue weighted by molar-refractivity contribution is 6.32. The molecule has 0 radical (unpaired) electrons. The van der Waals surface area contributed by atoms with E-state index in [0.29, 0.717) is 27.8 Å². The van der Waals surface area contributed by atoms with E-state index in [0.717, 1.165) is 12.8 Å². The molecule has 0 aliphatic heterocycles. The lowest BCUT2D eigenvalue weighted by Crippen LogP contribution is -2.12. The molecule has 1 fully saturated rings. The second kappa shape index (κ2) is 7.06. The normalized spacial score (nSPS) is 14.9. The number of carbonyl (C=O) groups is 1. The van der Waals surface area contributed by atoms with Crippen LogP contribution < -0.4 is 15.8 Å². The van der Waals surface area contributed by atoms with E-state index < -0.39 is 0 Å². The largest absolute Gasteiger partial charge is 0.489 e. The van der Waals surface area contributed by atoms with Crippen molar-refractivity contribution in [1.82, 2.24) is 0 Å². The number of amides is 1. The van der Waals surface area contributed by atoms with Crippen molar-refractivity contribution in [1.29, 1.82) is 0 Å². The minimum atomic E-state index is -0.269. The van der Waals surface area contributed by atoms with Gasteiger partial charge < -0.3 is 20.2 Å². The molecule has 3 N–H and O–H groups in total. The zero-order valence-corrected chi connectivity index (χ0v) is 13.4. The molecule has 1 heterocycles. The van der Waals surface area contributed by atoms with Gasteiger partial charge in [-0.25, -0.2) is 0 Å². The first kappa shape index (κ1) is 15.9. The molecule has 0 bridgehead atoms. The number of furan rings is 1. The minimum Gasteiger partial charge on any atom is -0.489 e. The van der Waals surface area contributed by atoms with Gasteiger partial charge in [0, 0.05) is 5.69 Å². The Bertz CT molecular complexity index is 693. The van der Waals surface area contributed by atoms with Gasteiger partial charge in [0.25, 0.3) is 5.91 Å². The molecule has 0 atom stereocenters. The number of hydrogen-bond acceptors (Lipinski definition) is 4. The summed E-state index contributed by atoms with van der Waals surface area (Å²) in [7, 11) is 0. The highest BCUT2D eigenvalue weighted by Crippen LogP contribution is 2.31. The van der Waals surface area contributed by atoms with E-state index in [1.165, 1.54) is 19.1 Å². The zero-order chi connectivity index (χ0) is 16.2. The predicted octanol–water partition coefficient (Wildman–Crippen LogP) is 3.97. The van der Waals surface area contributed by atoms with E-state index in [4.69, 9.17) is 26.5 Å². The molecule has 122 valence electrons. The van der Waals surface area contributed by atoms with Crippen LogP contribution in [0.4, 0.5) is 5.69 Å². The molecule has 1 aliphatic rings. The Morgan fingerprint density at radius 1 is 1.35 bits per heavy atom. The van der Waals surface area contributed by atoms with Crippen LogP contribution >= 0.6 is 11.6 Å². The summed E-state index contributed by atoms with van der Waals surface area (Å²) in [4.78, 5) is 12.1. The second-order valence-electron chi connectivity index (χ2n) is 5.63. The predicted molar refractivity (Wildman–Crippen MR) is 88.9 cm³/mol. The Hall–Kier alpha value is -1.98. The van der Waals surface area contributed by atoms with Gasteiger partial charge in [-0.15, -0.1) is 0 Å². The number of anilines is 1. The number of carbonyl (C=O) groups excluding carboxylic acids is 1.